The van der Waals surface area contributed by atoms with Gasteiger partial charge in [0.2, 0.25) is 0 Å². The average Bonchev–Trinajstić information content (AvgIpc) is 3.27. The molecule has 9 nitrogen and oxygen atoms in total. The van der Waals surface area contributed by atoms with Gasteiger partial charge in [0, 0.05) is 37.4 Å². The smallest absolute Gasteiger partial charge is 0.319 e. The Labute approximate surface area is 177 Å². The van der Waals surface area contributed by atoms with Crippen molar-refractivity contribution < 1.29 is 14.3 Å². The molecule has 0 fully saturated rings. The van der Waals surface area contributed by atoms with E-state index in [9.17, 15) is 9.59 Å². The summed E-state index contributed by atoms with van der Waals surface area (Å²) in [5.41, 5.74) is 1.81. The van der Waals surface area contributed by atoms with Crippen molar-refractivity contribution in [2.24, 2.45) is 7.05 Å². The molecule has 0 aromatic carbocycles. The summed E-state index contributed by atoms with van der Waals surface area (Å²) < 4.78 is 12.2. The minimum Gasteiger partial charge on any atom is -0.466 e. The second-order valence-electron chi connectivity index (χ2n) is 7.26. The first-order valence-electron chi connectivity index (χ1n) is 10.0. The topological polar surface area (TPSA) is 102 Å². The lowest BCUT2D eigenvalue weighted by atomic mass is 10.1. The Bertz CT molecular complexity index is 1130. The molecular weight excluding hydrogens is 406 g/mol. The number of carbonyl (C=O) groups excluding carboxylic acids is 1. The van der Waals surface area contributed by atoms with Crippen LogP contribution in [-0.2, 0) is 36.0 Å². The van der Waals surface area contributed by atoms with E-state index in [4.69, 9.17) is 14.5 Å². The van der Waals surface area contributed by atoms with Crippen molar-refractivity contribution in [3.8, 4) is 6.01 Å². The summed E-state index contributed by atoms with van der Waals surface area (Å²) in [7, 11) is 1.74. The molecule has 0 spiro atoms. The first kappa shape index (κ1) is 20.4. The minimum atomic E-state index is -0.302. The van der Waals surface area contributed by atoms with Gasteiger partial charge in [-0.15, -0.1) is 11.3 Å². The summed E-state index contributed by atoms with van der Waals surface area (Å²) in [4.78, 5) is 36.7. The first-order chi connectivity index (χ1) is 14.5. The van der Waals surface area contributed by atoms with E-state index in [1.165, 1.54) is 16.5 Å². The number of anilines is 1. The third kappa shape index (κ3) is 4.04. The van der Waals surface area contributed by atoms with Crippen molar-refractivity contribution in [1.29, 1.82) is 0 Å². The van der Waals surface area contributed by atoms with Gasteiger partial charge in [-0.25, -0.2) is 0 Å². The monoisotopic (exact) mass is 431 g/mol. The van der Waals surface area contributed by atoms with Crippen molar-refractivity contribution in [3.63, 3.8) is 0 Å². The Hall–Kier alpha value is -2.88. The number of aromatic nitrogens is 4. The van der Waals surface area contributed by atoms with Gasteiger partial charge >= 0.3 is 12.0 Å². The summed E-state index contributed by atoms with van der Waals surface area (Å²) in [6.45, 7) is 5.46. The highest BCUT2D eigenvalue weighted by atomic mass is 32.1. The van der Waals surface area contributed by atoms with E-state index in [1.807, 2.05) is 0 Å². The molecule has 0 unspecified atom stereocenters. The number of ether oxygens (including phenoxy) is 2. The molecule has 0 atom stereocenters. The maximum Gasteiger partial charge on any atom is 0.319 e. The van der Waals surface area contributed by atoms with Crippen LogP contribution in [0.4, 0.5) is 5.82 Å². The van der Waals surface area contributed by atoms with Crippen LogP contribution in [0.25, 0.3) is 10.2 Å². The van der Waals surface area contributed by atoms with E-state index >= 15 is 0 Å². The second kappa shape index (κ2) is 8.47. The highest BCUT2D eigenvalue weighted by molar-refractivity contribution is 7.18. The third-order valence-electron chi connectivity index (χ3n) is 5.09. The summed E-state index contributed by atoms with van der Waals surface area (Å²) in [6, 6.07) is 2.46. The summed E-state index contributed by atoms with van der Waals surface area (Å²) in [6.07, 6.45) is 2.16. The van der Waals surface area contributed by atoms with Crippen LogP contribution in [-0.4, -0.2) is 45.5 Å². The Morgan fingerprint density at radius 1 is 1.33 bits per heavy atom. The largest absolute Gasteiger partial charge is 0.466 e. The molecule has 0 amide bonds. The quantitative estimate of drug-likeness (QED) is 0.452. The molecular formula is C20H25N5O4S. The summed E-state index contributed by atoms with van der Waals surface area (Å²) in [5.74, 6) is 0.519. The number of fused-ring (bicyclic) bond motifs is 2. The molecule has 30 heavy (non-hydrogen) atoms. The van der Waals surface area contributed by atoms with Crippen molar-refractivity contribution in [2.45, 2.75) is 39.7 Å². The van der Waals surface area contributed by atoms with E-state index in [2.05, 4.69) is 28.0 Å². The Morgan fingerprint density at radius 2 is 2.17 bits per heavy atom. The van der Waals surface area contributed by atoms with Crippen LogP contribution in [0.2, 0.25) is 0 Å². The molecule has 160 valence electrons. The number of hydrogen-bond acceptors (Lipinski definition) is 8. The van der Waals surface area contributed by atoms with E-state index < -0.39 is 0 Å². The second-order valence-corrected chi connectivity index (χ2v) is 8.38. The number of rotatable bonds is 7. The van der Waals surface area contributed by atoms with Crippen molar-refractivity contribution >= 4 is 33.3 Å². The van der Waals surface area contributed by atoms with Crippen molar-refractivity contribution in [3.05, 3.63) is 32.6 Å². The number of nitrogens with one attached hydrogen (secondary N) is 1. The number of esters is 1. The molecule has 3 aromatic heterocycles. The molecule has 0 radical (unpaired) electrons. The number of aromatic amines is 1. The van der Waals surface area contributed by atoms with Gasteiger partial charge in [0.25, 0.3) is 5.56 Å². The number of hydrogen-bond donors (Lipinski definition) is 1. The number of thiophene rings is 1. The fraction of sp³-hybridized carbons (Fsp3) is 0.500. The zero-order valence-electron chi connectivity index (χ0n) is 17.4. The van der Waals surface area contributed by atoms with E-state index in [-0.39, 0.29) is 11.5 Å². The molecule has 0 aliphatic carbocycles. The highest BCUT2D eigenvalue weighted by Crippen LogP contribution is 2.34. The standard InChI is InChI=1S/C20H25N5O4S/c1-4-13-10-15-17(25-7-6-14-16(11-25)23-24(3)19(14)27)21-20(22-18(15)30-13)29-9-5-8-28-12(2)26/h10,23H,4-9,11H2,1-3H3. The molecule has 3 aromatic rings. The maximum absolute atomic E-state index is 12.2. The minimum absolute atomic E-state index is 0.0399. The fourth-order valence-corrected chi connectivity index (χ4v) is 4.55. The Kier molecular flexibility index (Phi) is 5.76. The summed E-state index contributed by atoms with van der Waals surface area (Å²) >= 11 is 1.64. The van der Waals surface area contributed by atoms with Crippen molar-refractivity contribution in [2.75, 3.05) is 24.7 Å². The molecule has 4 heterocycles. The predicted octanol–water partition coefficient (Wildman–Crippen LogP) is 2.18. The number of aryl methyl sites for hydroxylation is 2. The lowest BCUT2D eigenvalue weighted by Gasteiger charge is -2.27. The number of nitrogens with zero attached hydrogens (tertiary/aromatic N) is 4. The van der Waals surface area contributed by atoms with Gasteiger partial charge in [-0.3, -0.25) is 19.4 Å². The van der Waals surface area contributed by atoms with Gasteiger partial charge < -0.3 is 14.4 Å². The molecule has 0 saturated carbocycles. The molecule has 10 heteroatoms. The van der Waals surface area contributed by atoms with Crippen LogP contribution >= 0.6 is 11.3 Å². The van der Waals surface area contributed by atoms with Crippen LogP contribution < -0.4 is 15.2 Å². The van der Waals surface area contributed by atoms with Crippen molar-refractivity contribution in [1.82, 2.24) is 19.7 Å². The first-order valence-corrected chi connectivity index (χ1v) is 10.9. The van der Waals surface area contributed by atoms with Gasteiger partial charge in [-0.1, -0.05) is 6.92 Å². The van der Waals surface area contributed by atoms with Crippen LogP contribution in [0.5, 0.6) is 6.01 Å². The van der Waals surface area contributed by atoms with E-state index in [1.54, 1.807) is 18.4 Å². The molecule has 1 aliphatic rings. The Morgan fingerprint density at radius 3 is 2.93 bits per heavy atom. The highest BCUT2D eigenvalue weighted by Gasteiger charge is 2.25. The van der Waals surface area contributed by atoms with Crippen LogP contribution in [0.3, 0.4) is 0 Å². The zero-order chi connectivity index (χ0) is 21.3. The average molecular weight is 432 g/mol. The number of H-pyrrole nitrogens is 1. The van der Waals surface area contributed by atoms with Gasteiger partial charge in [0.15, 0.2) is 0 Å². The molecule has 0 bridgehead atoms. The normalized spacial score (nSPS) is 13.5. The zero-order valence-corrected chi connectivity index (χ0v) is 18.2. The summed E-state index contributed by atoms with van der Waals surface area (Å²) in [5, 5.41) is 4.16. The fourth-order valence-electron chi connectivity index (χ4n) is 3.59. The molecule has 0 saturated heterocycles. The molecule has 1 N–H and O–H groups in total. The van der Waals surface area contributed by atoms with Gasteiger partial charge in [-0.2, -0.15) is 9.97 Å². The van der Waals surface area contributed by atoms with Crippen LogP contribution in [0.1, 0.15) is 36.4 Å². The molecule has 1 aliphatic heterocycles. The lowest BCUT2D eigenvalue weighted by molar-refractivity contribution is -0.141. The van der Waals surface area contributed by atoms with Gasteiger partial charge in [-0.05, 0) is 18.9 Å². The maximum atomic E-state index is 12.2. The Balaban J connectivity index is 1.60. The predicted molar refractivity (Wildman–Crippen MR) is 114 cm³/mol. The molecule has 4 rings (SSSR count). The SMILES string of the molecule is CCc1cc2c(N3CCc4c([nH]n(C)c4=O)C3)nc(OCCCOC(C)=O)nc2s1. The van der Waals surface area contributed by atoms with E-state index in [0.717, 1.165) is 33.7 Å². The third-order valence-corrected chi connectivity index (χ3v) is 6.26. The number of carbonyl (C=O) groups is 1. The van der Waals surface area contributed by atoms with Crippen LogP contribution in [0, 0.1) is 0 Å². The van der Waals surface area contributed by atoms with Gasteiger partial charge in [0.1, 0.15) is 10.6 Å². The lowest BCUT2D eigenvalue weighted by Crippen LogP contribution is -2.32. The van der Waals surface area contributed by atoms with Gasteiger partial charge in [0.05, 0.1) is 30.8 Å². The van der Waals surface area contributed by atoms with Crippen LogP contribution in [0.15, 0.2) is 10.9 Å². The van der Waals surface area contributed by atoms with E-state index in [0.29, 0.717) is 45.2 Å².